The van der Waals surface area contributed by atoms with Crippen molar-refractivity contribution >= 4 is 5.69 Å². The summed E-state index contributed by atoms with van der Waals surface area (Å²) in [7, 11) is 0. The van der Waals surface area contributed by atoms with Crippen LogP contribution >= 0.6 is 0 Å². The van der Waals surface area contributed by atoms with Crippen LogP contribution in [-0.4, -0.2) is 12.6 Å². The number of ether oxygens (including phenoxy) is 1. The molecule has 0 saturated heterocycles. The minimum Gasteiger partial charge on any atom is -0.491 e. The van der Waals surface area contributed by atoms with Crippen LogP contribution in [0.4, 0.5) is 5.69 Å². The highest BCUT2D eigenvalue weighted by atomic mass is 16.5. The first-order chi connectivity index (χ1) is 8.56. The highest BCUT2D eigenvalue weighted by Crippen LogP contribution is 2.22. The predicted octanol–water partition coefficient (Wildman–Crippen LogP) is 4.63. The molecule has 0 radical (unpaired) electrons. The van der Waals surface area contributed by atoms with E-state index in [9.17, 15) is 0 Å². The van der Waals surface area contributed by atoms with Crippen LogP contribution in [0.5, 0.6) is 5.75 Å². The van der Waals surface area contributed by atoms with Crippen molar-refractivity contribution in [2.45, 2.75) is 53.6 Å². The topological polar surface area (TPSA) is 21.3 Å². The van der Waals surface area contributed by atoms with Gasteiger partial charge in [-0.25, -0.2) is 0 Å². The van der Waals surface area contributed by atoms with Crippen molar-refractivity contribution in [1.29, 1.82) is 0 Å². The zero-order valence-electron chi connectivity index (χ0n) is 12.4. The van der Waals surface area contributed by atoms with Gasteiger partial charge < -0.3 is 10.1 Å². The molecule has 0 fully saturated rings. The maximum atomic E-state index is 5.69. The van der Waals surface area contributed by atoms with Gasteiger partial charge in [-0.05, 0) is 50.5 Å². The number of benzene rings is 1. The van der Waals surface area contributed by atoms with Crippen LogP contribution in [0.2, 0.25) is 0 Å². The van der Waals surface area contributed by atoms with Gasteiger partial charge in [0.25, 0.3) is 0 Å². The molecule has 1 N–H and O–H groups in total. The summed E-state index contributed by atoms with van der Waals surface area (Å²) in [5.74, 6) is 1.71. The molecule has 2 heteroatoms. The van der Waals surface area contributed by atoms with Gasteiger partial charge in [0.1, 0.15) is 5.75 Å². The van der Waals surface area contributed by atoms with E-state index in [1.54, 1.807) is 0 Å². The molecule has 0 aromatic heterocycles. The molecule has 1 aromatic rings. The van der Waals surface area contributed by atoms with Crippen LogP contribution in [0.15, 0.2) is 18.2 Å². The maximum absolute atomic E-state index is 5.69. The molecule has 1 aromatic carbocycles. The molecular weight excluding hydrogens is 222 g/mol. The van der Waals surface area contributed by atoms with E-state index >= 15 is 0 Å². The van der Waals surface area contributed by atoms with Crippen molar-refractivity contribution in [2.24, 2.45) is 5.92 Å². The first-order valence-corrected chi connectivity index (χ1v) is 7.08. The number of hydrogen-bond acceptors (Lipinski definition) is 2. The Morgan fingerprint density at radius 1 is 1.17 bits per heavy atom. The minimum absolute atomic E-state index is 0.229. The normalized spacial score (nSPS) is 11.1. The van der Waals surface area contributed by atoms with Gasteiger partial charge in [0.05, 0.1) is 6.10 Å². The lowest BCUT2D eigenvalue weighted by Gasteiger charge is -2.17. The zero-order valence-corrected chi connectivity index (χ0v) is 12.4. The molecule has 0 unspecified atom stereocenters. The lowest BCUT2D eigenvalue weighted by molar-refractivity contribution is 0.242. The van der Waals surface area contributed by atoms with Crippen LogP contribution in [0.3, 0.4) is 0 Å². The molecule has 1 rings (SSSR count). The minimum atomic E-state index is 0.229. The van der Waals surface area contributed by atoms with Crippen LogP contribution < -0.4 is 10.1 Å². The number of aryl methyl sites for hydroxylation is 1. The van der Waals surface area contributed by atoms with E-state index < -0.39 is 0 Å². The van der Waals surface area contributed by atoms with E-state index in [1.165, 1.54) is 24.1 Å². The van der Waals surface area contributed by atoms with E-state index in [1.807, 2.05) is 6.07 Å². The van der Waals surface area contributed by atoms with Crippen molar-refractivity contribution in [3.63, 3.8) is 0 Å². The van der Waals surface area contributed by atoms with Crippen LogP contribution in [-0.2, 0) is 0 Å². The lowest BCUT2D eigenvalue weighted by Crippen LogP contribution is -2.13. The van der Waals surface area contributed by atoms with Crippen molar-refractivity contribution < 1.29 is 4.74 Å². The Morgan fingerprint density at radius 2 is 1.83 bits per heavy atom. The van der Waals surface area contributed by atoms with Gasteiger partial charge in [0, 0.05) is 12.2 Å². The number of nitrogens with one attached hydrogen (secondary N) is 1. The zero-order chi connectivity index (χ0) is 13.5. The smallest absolute Gasteiger partial charge is 0.120 e. The van der Waals surface area contributed by atoms with Gasteiger partial charge in [0.15, 0.2) is 0 Å². The Morgan fingerprint density at radius 3 is 2.33 bits per heavy atom. The molecule has 0 aliphatic heterocycles. The number of anilines is 1. The third kappa shape index (κ3) is 4.59. The molecule has 0 aliphatic carbocycles. The van der Waals surface area contributed by atoms with E-state index in [0.29, 0.717) is 0 Å². The second-order valence-corrected chi connectivity index (χ2v) is 5.21. The molecule has 0 aliphatic rings. The number of hydrogen-bond donors (Lipinski definition) is 1. The third-order valence-corrected chi connectivity index (χ3v) is 3.31. The van der Waals surface area contributed by atoms with E-state index in [2.05, 4.69) is 52.1 Å². The first kappa shape index (κ1) is 14.9. The molecule has 0 atom stereocenters. The average Bonchev–Trinajstić information content (AvgIpc) is 2.32. The monoisotopic (exact) mass is 249 g/mol. The van der Waals surface area contributed by atoms with Crippen LogP contribution in [0.25, 0.3) is 0 Å². The fraction of sp³-hybridized carbons (Fsp3) is 0.625. The average molecular weight is 249 g/mol. The van der Waals surface area contributed by atoms with E-state index in [4.69, 9.17) is 4.74 Å². The Hall–Kier alpha value is -1.18. The lowest BCUT2D eigenvalue weighted by atomic mass is 10.0. The van der Waals surface area contributed by atoms with E-state index in [0.717, 1.165) is 18.2 Å². The molecule has 18 heavy (non-hydrogen) atoms. The summed E-state index contributed by atoms with van der Waals surface area (Å²) in [6, 6.07) is 6.27. The van der Waals surface area contributed by atoms with Gasteiger partial charge in [-0.3, -0.25) is 0 Å². The number of rotatable bonds is 7. The summed E-state index contributed by atoms with van der Waals surface area (Å²) < 4.78 is 5.69. The molecule has 2 nitrogen and oxygen atoms in total. The largest absolute Gasteiger partial charge is 0.491 e. The quantitative estimate of drug-likeness (QED) is 0.760. The highest BCUT2D eigenvalue weighted by Gasteiger charge is 2.05. The summed E-state index contributed by atoms with van der Waals surface area (Å²) >= 11 is 0. The molecule has 102 valence electrons. The molecule has 0 bridgehead atoms. The highest BCUT2D eigenvalue weighted by molar-refractivity contribution is 5.53. The summed E-state index contributed by atoms with van der Waals surface area (Å²) in [6.45, 7) is 11.8. The van der Waals surface area contributed by atoms with Gasteiger partial charge in [-0.1, -0.05) is 26.7 Å². The Labute approximate surface area is 112 Å². The molecule has 0 heterocycles. The summed E-state index contributed by atoms with van der Waals surface area (Å²) in [5, 5.41) is 3.54. The fourth-order valence-electron chi connectivity index (χ4n) is 2.01. The van der Waals surface area contributed by atoms with Crippen LogP contribution in [0, 0.1) is 12.8 Å². The Kier molecular flexibility index (Phi) is 6.03. The molecule has 0 spiro atoms. The fourth-order valence-corrected chi connectivity index (χ4v) is 2.01. The molecule has 0 amide bonds. The van der Waals surface area contributed by atoms with Crippen molar-refractivity contribution in [1.82, 2.24) is 0 Å². The second-order valence-electron chi connectivity index (χ2n) is 5.21. The molecular formula is C16H27NO. The predicted molar refractivity (Wildman–Crippen MR) is 79.5 cm³/mol. The van der Waals surface area contributed by atoms with Gasteiger partial charge in [-0.15, -0.1) is 0 Å². The second kappa shape index (κ2) is 7.30. The summed E-state index contributed by atoms with van der Waals surface area (Å²) in [4.78, 5) is 0. The SMILES string of the molecule is CCC(CC)CNc1ccc(OC(C)C)cc1C. The standard InChI is InChI=1S/C16H27NO/c1-6-14(7-2)11-17-16-9-8-15(10-13(16)5)18-12(3)4/h8-10,12,14,17H,6-7,11H2,1-5H3. The van der Waals surface area contributed by atoms with E-state index in [-0.39, 0.29) is 6.10 Å². The first-order valence-electron chi connectivity index (χ1n) is 7.08. The van der Waals surface area contributed by atoms with Gasteiger partial charge in [0.2, 0.25) is 0 Å². The van der Waals surface area contributed by atoms with Crippen molar-refractivity contribution in [3.8, 4) is 5.75 Å². The van der Waals surface area contributed by atoms with Gasteiger partial charge >= 0.3 is 0 Å². The van der Waals surface area contributed by atoms with Gasteiger partial charge in [-0.2, -0.15) is 0 Å². The molecule has 0 saturated carbocycles. The third-order valence-electron chi connectivity index (χ3n) is 3.31. The summed E-state index contributed by atoms with van der Waals surface area (Å²) in [6.07, 6.45) is 2.70. The Bertz CT molecular complexity index is 356. The van der Waals surface area contributed by atoms with Crippen molar-refractivity contribution in [3.05, 3.63) is 23.8 Å². The van der Waals surface area contributed by atoms with Crippen molar-refractivity contribution in [2.75, 3.05) is 11.9 Å². The van der Waals surface area contributed by atoms with Crippen LogP contribution in [0.1, 0.15) is 46.1 Å². The maximum Gasteiger partial charge on any atom is 0.120 e. The summed E-state index contributed by atoms with van der Waals surface area (Å²) in [5.41, 5.74) is 2.47. The Balaban J connectivity index is 2.62.